The van der Waals surface area contributed by atoms with E-state index in [4.69, 9.17) is 4.98 Å². The topological polar surface area (TPSA) is 24.9 Å². The number of fused-ring (bicyclic) bond motifs is 2. The summed E-state index contributed by atoms with van der Waals surface area (Å²) in [7, 11) is 0. The fourth-order valence-electron chi connectivity index (χ4n) is 2.56. The zero-order valence-corrected chi connectivity index (χ0v) is 11.8. The zero-order chi connectivity index (χ0) is 13.4. The lowest BCUT2D eigenvalue weighted by Crippen LogP contribution is -1.90. The van der Waals surface area contributed by atoms with Gasteiger partial charge in [0.1, 0.15) is 10.0 Å². The molecule has 2 nitrogen and oxygen atoms in total. The van der Waals surface area contributed by atoms with E-state index in [0.29, 0.717) is 0 Å². The van der Waals surface area contributed by atoms with Crippen LogP contribution in [0.25, 0.3) is 10.6 Å². The molecule has 2 heterocycles. The van der Waals surface area contributed by atoms with Crippen LogP contribution in [0.5, 0.6) is 0 Å². The maximum Gasteiger partial charge on any atom is 0.125 e. The third-order valence-electron chi connectivity index (χ3n) is 3.61. The van der Waals surface area contributed by atoms with Gasteiger partial charge in [0.15, 0.2) is 0 Å². The first-order chi connectivity index (χ1) is 9.90. The predicted molar refractivity (Wildman–Crippen MR) is 84.7 cm³/mol. The predicted octanol–water partition coefficient (Wildman–Crippen LogP) is 4.65. The molecule has 0 radical (unpaired) electrons. The number of nitrogens with zero attached hydrogens (tertiary/aromatic N) is 1. The number of benzene rings is 2. The van der Waals surface area contributed by atoms with Gasteiger partial charge in [-0.05, 0) is 24.5 Å². The van der Waals surface area contributed by atoms with Crippen molar-refractivity contribution in [2.45, 2.75) is 12.8 Å². The molecule has 0 aliphatic carbocycles. The highest BCUT2D eigenvalue weighted by Gasteiger charge is 2.17. The van der Waals surface area contributed by atoms with Gasteiger partial charge in [-0.25, -0.2) is 4.98 Å². The van der Waals surface area contributed by atoms with Gasteiger partial charge in [0.2, 0.25) is 0 Å². The lowest BCUT2D eigenvalue weighted by Gasteiger charge is -2.05. The van der Waals surface area contributed by atoms with Crippen LogP contribution in [0, 0.1) is 0 Å². The van der Waals surface area contributed by atoms with Gasteiger partial charge < -0.3 is 5.32 Å². The van der Waals surface area contributed by atoms with Crippen molar-refractivity contribution >= 4 is 22.0 Å². The summed E-state index contributed by atoms with van der Waals surface area (Å²) in [6.07, 6.45) is 2.05. The van der Waals surface area contributed by atoms with Gasteiger partial charge in [0, 0.05) is 11.3 Å². The number of aryl methyl sites for hydroxylation is 2. The van der Waals surface area contributed by atoms with Crippen LogP contribution in [-0.2, 0) is 12.8 Å². The fraction of sp³-hybridized carbons (Fsp3) is 0.118. The SMILES string of the molecule is c1ccc(-c2nc3c(s2)Nc2ccccc2CC3)cc1. The fourth-order valence-corrected chi connectivity index (χ4v) is 3.59. The van der Waals surface area contributed by atoms with E-state index in [9.17, 15) is 0 Å². The van der Waals surface area contributed by atoms with Crippen molar-refractivity contribution in [3.63, 3.8) is 0 Å². The molecule has 4 rings (SSSR count). The van der Waals surface area contributed by atoms with Crippen molar-refractivity contribution < 1.29 is 0 Å². The first-order valence-electron chi connectivity index (χ1n) is 6.80. The summed E-state index contributed by atoms with van der Waals surface area (Å²) in [6.45, 7) is 0. The highest BCUT2D eigenvalue weighted by Crippen LogP contribution is 2.37. The Bertz CT molecular complexity index is 747. The second kappa shape index (κ2) is 4.76. The summed E-state index contributed by atoms with van der Waals surface area (Å²) in [5, 5.41) is 5.84. The monoisotopic (exact) mass is 278 g/mol. The van der Waals surface area contributed by atoms with Crippen molar-refractivity contribution in [1.29, 1.82) is 0 Å². The van der Waals surface area contributed by atoms with E-state index < -0.39 is 0 Å². The van der Waals surface area contributed by atoms with Crippen LogP contribution in [-0.4, -0.2) is 4.98 Å². The molecule has 1 N–H and O–H groups in total. The molecule has 98 valence electrons. The van der Waals surface area contributed by atoms with Crippen LogP contribution in [0.15, 0.2) is 54.6 Å². The van der Waals surface area contributed by atoms with E-state index in [1.54, 1.807) is 11.3 Å². The lowest BCUT2D eigenvalue weighted by molar-refractivity contribution is 0.942. The summed E-state index contributed by atoms with van der Waals surface area (Å²) in [5.74, 6) is 0. The summed E-state index contributed by atoms with van der Waals surface area (Å²) in [4.78, 5) is 4.82. The molecule has 0 spiro atoms. The maximum atomic E-state index is 4.82. The Morgan fingerprint density at radius 2 is 1.70 bits per heavy atom. The summed E-state index contributed by atoms with van der Waals surface area (Å²) in [5.41, 5.74) is 4.97. The summed E-state index contributed by atoms with van der Waals surface area (Å²) < 4.78 is 0. The van der Waals surface area contributed by atoms with Gasteiger partial charge >= 0.3 is 0 Å². The number of aromatic nitrogens is 1. The van der Waals surface area contributed by atoms with Crippen LogP contribution in [0.1, 0.15) is 11.3 Å². The second-order valence-corrected chi connectivity index (χ2v) is 5.94. The molecule has 3 aromatic rings. The van der Waals surface area contributed by atoms with E-state index >= 15 is 0 Å². The molecule has 0 saturated heterocycles. The van der Waals surface area contributed by atoms with Gasteiger partial charge in [0.05, 0.1) is 5.69 Å². The molecule has 1 aromatic heterocycles. The Morgan fingerprint density at radius 3 is 2.60 bits per heavy atom. The Labute approximate surface area is 122 Å². The molecule has 1 aliphatic rings. The van der Waals surface area contributed by atoms with E-state index in [1.165, 1.54) is 27.5 Å². The Hall–Kier alpha value is -2.13. The van der Waals surface area contributed by atoms with Crippen molar-refractivity contribution in [2.24, 2.45) is 0 Å². The van der Waals surface area contributed by atoms with Crippen molar-refractivity contribution in [3.8, 4) is 10.6 Å². The molecular formula is C17H14N2S. The third-order valence-corrected chi connectivity index (χ3v) is 4.68. The molecular weight excluding hydrogens is 264 g/mol. The normalized spacial score (nSPS) is 13.0. The third kappa shape index (κ3) is 2.00. The number of hydrogen-bond donors (Lipinski definition) is 1. The van der Waals surface area contributed by atoms with E-state index in [2.05, 4.69) is 53.8 Å². The molecule has 0 saturated carbocycles. The molecule has 0 amide bonds. The number of anilines is 2. The van der Waals surface area contributed by atoms with Crippen molar-refractivity contribution in [3.05, 3.63) is 65.9 Å². The molecule has 2 aromatic carbocycles. The van der Waals surface area contributed by atoms with Gasteiger partial charge in [0.25, 0.3) is 0 Å². The van der Waals surface area contributed by atoms with Crippen LogP contribution < -0.4 is 5.32 Å². The summed E-state index contributed by atoms with van der Waals surface area (Å²) >= 11 is 1.74. The minimum absolute atomic E-state index is 1.00. The first-order valence-corrected chi connectivity index (χ1v) is 7.62. The molecule has 0 unspecified atom stereocenters. The van der Waals surface area contributed by atoms with Crippen LogP contribution in [0.2, 0.25) is 0 Å². The quantitative estimate of drug-likeness (QED) is 0.700. The lowest BCUT2D eigenvalue weighted by atomic mass is 10.1. The molecule has 3 heteroatoms. The van der Waals surface area contributed by atoms with Crippen LogP contribution in [0.3, 0.4) is 0 Å². The largest absolute Gasteiger partial charge is 0.345 e. The van der Waals surface area contributed by atoms with E-state index in [-0.39, 0.29) is 0 Å². The number of hydrogen-bond acceptors (Lipinski definition) is 3. The molecule has 0 fully saturated rings. The first kappa shape index (κ1) is 11.7. The van der Waals surface area contributed by atoms with Gasteiger partial charge in [-0.15, -0.1) is 0 Å². The van der Waals surface area contributed by atoms with Crippen molar-refractivity contribution in [2.75, 3.05) is 5.32 Å². The maximum absolute atomic E-state index is 4.82. The zero-order valence-electron chi connectivity index (χ0n) is 11.0. The Kier molecular flexibility index (Phi) is 2.78. The molecule has 0 atom stereocenters. The van der Waals surface area contributed by atoms with Gasteiger partial charge in [-0.2, -0.15) is 0 Å². The van der Waals surface area contributed by atoms with Gasteiger partial charge in [-0.1, -0.05) is 59.9 Å². The highest BCUT2D eigenvalue weighted by molar-refractivity contribution is 7.19. The van der Waals surface area contributed by atoms with Crippen LogP contribution in [0.4, 0.5) is 10.7 Å². The minimum atomic E-state index is 1.00. The second-order valence-electron chi connectivity index (χ2n) is 4.94. The number of nitrogens with one attached hydrogen (secondary N) is 1. The average molecular weight is 278 g/mol. The smallest absolute Gasteiger partial charge is 0.125 e. The number of para-hydroxylation sites is 1. The number of thiazole rings is 1. The minimum Gasteiger partial charge on any atom is -0.345 e. The van der Waals surface area contributed by atoms with E-state index in [1.807, 2.05) is 6.07 Å². The molecule has 1 aliphatic heterocycles. The van der Waals surface area contributed by atoms with Crippen LogP contribution >= 0.6 is 11.3 Å². The standard InChI is InChI=1S/C17H14N2S/c1-2-7-13(8-3-1)16-19-15-11-10-12-6-4-5-9-14(12)18-17(15)20-16/h1-9,18H,10-11H2. The Balaban J connectivity index is 1.75. The molecule has 0 bridgehead atoms. The molecule has 20 heavy (non-hydrogen) atoms. The number of rotatable bonds is 1. The summed E-state index contributed by atoms with van der Waals surface area (Å²) in [6, 6.07) is 18.9. The van der Waals surface area contributed by atoms with Gasteiger partial charge in [-0.3, -0.25) is 0 Å². The van der Waals surface area contributed by atoms with Crippen molar-refractivity contribution in [1.82, 2.24) is 4.98 Å². The van der Waals surface area contributed by atoms with E-state index in [0.717, 1.165) is 17.8 Å². The highest BCUT2D eigenvalue weighted by atomic mass is 32.1. The Morgan fingerprint density at radius 1 is 0.900 bits per heavy atom. The average Bonchev–Trinajstić information content (AvgIpc) is 2.82.